The van der Waals surface area contributed by atoms with Crippen LogP contribution in [0.2, 0.25) is 0 Å². The van der Waals surface area contributed by atoms with Crippen LogP contribution in [0.25, 0.3) is 0 Å². The van der Waals surface area contributed by atoms with E-state index in [0.717, 1.165) is 6.42 Å². The number of hydrogen-bond donors (Lipinski definition) is 0. The van der Waals surface area contributed by atoms with Gasteiger partial charge in [0.05, 0.1) is 6.54 Å². The monoisotopic (exact) mass is 226 g/mol. The van der Waals surface area contributed by atoms with E-state index in [1.54, 1.807) is 0 Å². The Hall–Kier alpha value is -1.22. The van der Waals surface area contributed by atoms with Crippen molar-refractivity contribution in [1.29, 1.82) is 0 Å². The summed E-state index contributed by atoms with van der Waals surface area (Å²) in [4.78, 5) is 24.4. The summed E-state index contributed by atoms with van der Waals surface area (Å²) in [5.41, 5.74) is -0.319. The minimum absolute atomic E-state index is 0.0663. The third-order valence-corrected chi connectivity index (χ3v) is 3.25. The Morgan fingerprint density at radius 1 is 1.44 bits per heavy atom. The van der Waals surface area contributed by atoms with Crippen LogP contribution in [0.15, 0.2) is 4.99 Å². The van der Waals surface area contributed by atoms with Crippen molar-refractivity contribution >= 4 is 6.08 Å². The second kappa shape index (κ2) is 4.34. The molecule has 0 aliphatic heterocycles. The Bertz CT molecular complexity index is 334. The van der Waals surface area contributed by atoms with E-state index in [9.17, 15) is 14.9 Å². The highest BCUT2D eigenvalue weighted by Gasteiger charge is 2.45. The number of isocyanates is 1. The summed E-state index contributed by atoms with van der Waals surface area (Å²) in [5, 5.41) is 10.9. The van der Waals surface area contributed by atoms with Gasteiger partial charge in [0.1, 0.15) is 0 Å². The van der Waals surface area contributed by atoms with Crippen LogP contribution in [0, 0.1) is 20.9 Å². The summed E-state index contributed by atoms with van der Waals surface area (Å²) >= 11 is 0. The number of hydrogen-bond acceptors (Lipinski definition) is 4. The lowest BCUT2D eigenvalue weighted by Crippen LogP contribution is -2.43. The molecule has 1 rings (SSSR count). The van der Waals surface area contributed by atoms with Crippen LogP contribution in [0.4, 0.5) is 0 Å². The van der Waals surface area contributed by atoms with E-state index in [1.165, 1.54) is 6.08 Å². The molecule has 90 valence electrons. The van der Waals surface area contributed by atoms with Gasteiger partial charge in [-0.3, -0.25) is 10.1 Å². The molecule has 5 heteroatoms. The molecule has 0 aromatic rings. The zero-order valence-corrected chi connectivity index (χ0v) is 10.0. The van der Waals surface area contributed by atoms with Gasteiger partial charge in [-0.25, -0.2) is 9.79 Å². The zero-order chi connectivity index (χ0) is 12.4. The Balaban J connectivity index is 2.86. The van der Waals surface area contributed by atoms with Gasteiger partial charge in [0.25, 0.3) is 0 Å². The lowest BCUT2D eigenvalue weighted by molar-refractivity contribution is -0.533. The predicted molar refractivity (Wildman–Crippen MR) is 59.5 cm³/mol. The van der Waals surface area contributed by atoms with Crippen LogP contribution in [0.5, 0.6) is 0 Å². The zero-order valence-electron chi connectivity index (χ0n) is 10.0. The maximum atomic E-state index is 10.9. The number of carbonyl (C=O) groups excluding carboxylic acids is 1. The minimum Gasteiger partial charge on any atom is -0.264 e. The molecule has 0 amide bonds. The molecule has 2 unspecified atom stereocenters. The summed E-state index contributed by atoms with van der Waals surface area (Å²) < 4.78 is 0. The third-order valence-electron chi connectivity index (χ3n) is 3.25. The van der Waals surface area contributed by atoms with Crippen LogP contribution in [-0.2, 0) is 4.79 Å². The molecular formula is C11H18N2O3. The van der Waals surface area contributed by atoms with Gasteiger partial charge in [-0.15, -0.1) is 0 Å². The maximum Gasteiger partial charge on any atom is 0.234 e. The highest BCUT2D eigenvalue weighted by Crippen LogP contribution is 2.46. The quantitative estimate of drug-likeness (QED) is 0.320. The smallest absolute Gasteiger partial charge is 0.234 e. The van der Waals surface area contributed by atoms with E-state index in [-0.39, 0.29) is 15.8 Å². The number of aliphatic imine (C=N–C) groups is 1. The van der Waals surface area contributed by atoms with Gasteiger partial charge >= 0.3 is 0 Å². The van der Waals surface area contributed by atoms with Crippen LogP contribution in [0.3, 0.4) is 0 Å². The van der Waals surface area contributed by atoms with Gasteiger partial charge in [0.2, 0.25) is 12.1 Å². The van der Waals surface area contributed by atoms with E-state index >= 15 is 0 Å². The number of rotatable bonds is 3. The Kier molecular flexibility index (Phi) is 3.48. The first-order chi connectivity index (χ1) is 7.28. The molecule has 0 aromatic carbocycles. The normalized spacial score (nSPS) is 32.8. The molecule has 0 saturated heterocycles. The standard InChI is InChI=1S/C11H18N2O3/c1-10(2)4-9(13(15)16)5-11(3,6-10)7-12-8-14/h9H,4-7H2,1-3H3. The average molecular weight is 226 g/mol. The molecule has 16 heavy (non-hydrogen) atoms. The van der Waals surface area contributed by atoms with E-state index < -0.39 is 6.04 Å². The predicted octanol–water partition coefficient (Wildman–Crippen LogP) is 2.18. The number of nitro groups is 1. The molecule has 0 spiro atoms. The van der Waals surface area contributed by atoms with Crippen LogP contribution >= 0.6 is 0 Å². The first kappa shape index (κ1) is 12.8. The van der Waals surface area contributed by atoms with Gasteiger partial charge in [0, 0.05) is 17.8 Å². The van der Waals surface area contributed by atoms with Gasteiger partial charge in [-0.2, -0.15) is 0 Å². The van der Waals surface area contributed by atoms with Crippen molar-refractivity contribution in [2.45, 2.75) is 46.1 Å². The summed E-state index contributed by atoms with van der Waals surface area (Å²) in [5.74, 6) is 0. The highest BCUT2D eigenvalue weighted by molar-refractivity contribution is 5.33. The fraction of sp³-hybridized carbons (Fsp3) is 0.909. The SMILES string of the molecule is CC1(C)CC([N+](=O)[O-])CC(C)(CN=C=O)C1. The van der Waals surface area contributed by atoms with E-state index in [2.05, 4.69) is 4.99 Å². The average Bonchev–Trinajstić information content (AvgIpc) is 2.11. The largest absolute Gasteiger partial charge is 0.264 e. The lowest BCUT2D eigenvalue weighted by Gasteiger charge is -2.42. The van der Waals surface area contributed by atoms with Gasteiger partial charge in [-0.05, 0) is 17.3 Å². The highest BCUT2D eigenvalue weighted by atomic mass is 16.6. The van der Waals surface area contributed by atoms with Crippen molar-refractivity contribution in [2.24, 2.45) is 15.8 Å². The minimum atomic E-state index is -0.518. The Morgan fingerprint density at radius 2 is 2.06 bits per heavy atom. The van der Waals surface area contributed by atoms with Crippen molar-refractivity contribution in [3.05, 3.63) is 10.1 Å². The topological polar surface area (TPSA) is 72.6 Å². The van der Waals surface area contributed by atoms with Crippen molar-refractivity contribution < 1.29 is 9.72 Å². The molecule has 0 heterocycles. The molecule has 1 fully saturated rings. The van der Waals surface area contributed by atoms with Crippen LogP contribution < -0.4 is 0 Å². The lowest BCUT2D eigenvalue weighted by atomic mass is 9.63. The molecule has 2 atom stereocenters. The molecule has 0 aromatic heterocycles. The molecule has 1 saturated carbocycles. The molecule has 0 N–H and O–H groups in total. The second-order valence-electron chi connectivity index (χ2n) is 5.91. The summed E-state index contributed by atoms with van der Waals surface area (Å²) in [6.07, 6.45) is 3.47. The fourth-order valence-corrected chi connectivity index (χ4v) is 3.07. The van der Waals surface area contributed by atoms with Crippen molar-refractivity contribution in [2.75, 3.05) is 6.54 Å². The van der Waals surface area contributed by atoms with Crippen molar-refractivity contribution in [3.63, 3.8) is 0 Å². The Morgan fingerprint density at radius 3 is 2.56 bits per heavy atom. The van der Waals surface area contributed by atoms with Crippen LogP contribution in [0.1, 0.15) is 40.0 Å². The van der Waals surface area contributed by atoms with E-state index in [4.69, 9.17) is 0 Å². The summed E-state index contributed by atoms with van der Waals surface area (Å²) in [7, 11) is 0. The van der Waals surface area contributed by atoms with E-state index in [0.29, 0.717) is 19.4 Å². The summed E-state index contributed by atoms with van der Waals surface area (Å²) in [6.45, 7) is 6.37. The summed E-state index contributed by atoms with van der Waals surface area (Å²) in [6, 6.07) is -0.518. The van der Waals surface area contributed by atoms with E-state index in [1.807, 2.05) is 20.8 Å². The van der Waals surface area contributed by atoms with Gasteiger partial charge in [0.15, 0.2) is 0 Å². The fourth-order valence-electron chi connectivity index (χ4n) is 3.07. The molecule has 1 aliphatic rings. The molecule has 0 radical (unpaired) electrons. The molecule has 0 bridgehead atoms. The van der Waals surface area contributed by atoms with Crippen LogP contribution in [-0.4, -0.2) is 23.6 Å². The van der Waals surface area contributed by atoms with Crippen molar-refractivity contribution in [1.82, 2.24) is 0 Å². The maximum absolute atomic E-state index is 10.9. The van der Waals surface area contributed by atoms with Crippen molar-refractivity contribution in [3.8, 4) is 0 Å². The molecule has 1 aliphatic carbocycles. The Labute approximate surface area is 95.1 Å². The number of nitrogens with zero attached hydrogens (tertiary/aromatic N) is 2. The van der Waals surface area contributed by atoms with Gasteiger partial charge < -0.3 is 0 Å². The third kappa shape index (κ3) is 3.14. The first-order valence-corrected chi connectivity index (χ1v) is 5.45. The second-order valence-corrected chi connectivity index (χ2v) is 5.91. The van der Waals surface area contributed by atoms with Gasteiger partial charge in [-0.1, -0.05) is 20.8 Å². The first-order valence-electron chi connectivity index (χ1n) is 5.45. The molecular weight excluding hydrogens is 208 g/mol. The molecule has 5 nitrogen and oxygen atoms in total.